The summed E-state index contributed by atoms with van der Waals surface area (Å²) in [5.41, 5.74) is 10.5. The molecule has 0 unspecified atom stereocenters. The molecule has 2 heterocycles. The van der Waals surface area contributed by atoms with Gasteiger partial charge >= 0.3 is 0 Å². The summed E-state index contributed by atoms with van der Waals surface area (Å²) in [7, 11) is 0. The SMILES string of the molecule is Cc1ccc(-c2nc3ccc(F)cn3c2CCN)cc1. The lowest BCUT2D eigenvalue weighted by molar-refractivity contribution is 0.617. The van der Waals surface area contributed by atoms with E-state index in [0.29, 0.717) is 13.0 Å². The van der Waals surface area contributed by atoms with Crippen LogP contribution in [0.2, 0.25) is 0 Å². The monoisotopic (exact) mass is 269 g/mol. The molecule has 4 heteroatoms. The van der Waals surface area contributed by atoms with Gasteiger partial charge in [-0.3, -0.25) is 0 Å². The summed E-state index contributed by atoms with van der Waals surface area (Å²) in [4.78, 5) is 4.61. The molecule has 3 aromatic rings. The Morgan fingerprint density at radius 3 is 2.60 bits per heavy atom. The molecule has 0 fully saturated rings. The Morgan fingerprint density at radius 2 is 1.90 bits per heavy atom. The third-order valence-corrected chi connectivity index (χ3v) is 3.39. The van der Waals surface area contributed by atoms with Crippen LogP contribution in [0.15, 0.2) is 42.6 Å². The van der Waals surface area contributed by atoms with E-state index in [1.54, 1.807) is 10.5 Å². The van der Waals surface area contributed by atoms with Crippen molar-refractivity contribution in [1.29, 1.82) is 0 Å². The maximum absolute atomic E-state index is 13.4. The Bertz CT molecular complexity index is 744. The zero-order valence-electron chi connectivity index (χ0n) is 11.3. The minimum absolute atomic E-state index is 0.274. The maximum atomic E-state index is 13.4. The summed E-state index contributed by atoms with van der Waals surface area (Å²) >= 11 is 0. The predicted molar refractivity (Wildman–Crippen MR) is 78.1 cm³/mol. The number of aromatic nitrogens is 2. The van der Waals surface area contributed by atoms with Crippen LogP contribution < -0.4 is 5.73 Å². The first-order valence-corrected chi connectivity index (χ1v) is 6.62. The number of fused-ring (bicyclic) bond motifs is 1. The highest BCUT2D eigenvalue weighted by Crippen LogP contribution is 2.25. The number of hydrogen-bond acceptors (Lipinski definition) is 2. The zero-order valence-corrected chi connectivity index (χ0v) is 11.3. The molecule has 0 aliphatic rings. The van der Waals surface area contributed by atoms with Crippen molar-refractivity contribution in [2.24, 2.45) is 5.73 Å². The number of halogens is 1. The Balaban J connectivity index is 2.23. The molecule has 0 spiro atoms. The smallest absolute Gasteiger partial charge is 0.139 e. The molecular formula is C16H16FN3. The first-order valence-electron chi connectivity index (χ1n) is 6.62. The topological polar surface area (TPSA) is 43.3 Å². The average molecular weight is 269 g/mol. The third kappa shape index (κ3) is 2.18. The first-order chi connectivity index (χ1) is 9.69. The fourth-order valence-electron chi connectivity index (χ4n) is 2.39. The summed E-state index contributed by atoms with van der Waals surface area (Å²) in [5.74, 6) is -0.274. The van der Waals surface area contributed by atoms with Gasteiger partial charge in [-0.2, -0.15) is 0 Å². The first kappa shape index (κ1) is 12.8. The van der Waals surface area contributed by atoms with Crippen molar-refractivity contribution in [3.8, 4) is 11.3 Å². The number of rotatable bonds is 3. The highest BCUT2D eigenvalue weighted by molar-refractivity contribution is 5.67. The molecule has 0 bridgehead atoms. The van der Waals surface area contributed by atoms with Gasteiger partial charge in [0.1, 0.15) is 11.5 Å². The van der Waals surface area contributed by atoms with Crippen molar-refractivity contribution in [3.05, 3.63) is 59.7 Å². The third-order valence-electron chi connectivity index (χ3n) is 3.39. The lowest BCUT2D eigenvalue weighted by Gasteiger charge is -2.04. The largest absolute Gasteiger partial charge is 0.330 e. The molecule has 2 N–H and O–H groups in total. The molecule has 0 amide bonds. The van der Waals surface area contributed by atoms with Crippen molar-refractivity contribution in [2.45, 2.75) is 13.3 Å². The number of aryl methyl sites for hydroxylation is 1. The van der Waals surface area contributed by atoms with Crippen LogP contribution in [-0.4, -0.2) is 15.9 Å². The highest BCUT2D eigenvalue weighted by atomic mass is 19.1. The number of pyridine rings is 1. The van der Waals surface area contributed by atoms with Crippen LogP contribution in [-0.2, 0) is 6.42 Å². The summed E-state index contributed by atoms with van der Waals surface area (Å²) in [6.45, 7) is 2.55. The van der Waals surface area contributed by atoms with Crippen molar-refractivity contribution >= 4 is 5.65 Å². The van der Waals surface area contributed by atoms with E-state index >= 15 is 0 Å². The molecule has 1 aromatic carbocycles. The second-order valence-corrected chi connectivity index (χ2v) is 4.89. The van der Waals surface area contributed by atoms with Gasteiger partial charge in [0.2, 0.25) is 0 Å². The molecule has 0 aliphatic carbocycles. The van der Waals surface area contributed by atoms with Gasteiger partial charge in [-0.15, -0.1) is 0 Å². The van der Waals surface area contributed by atoms with Crippen LogP contribution in [0.25, 0.3) is 16.9 Å². The Kier molecular flexibility index (Phi) is 3.24. The van der Waals surface area contributed by atoms with E-state index in [4.69, 9.17) is 5.73 Å². The lowest BCUT2D eigenvalue weighted by Crippen LogP contribution is -2.06. The van der Waals surface area contributed by atoms with Gasteiger partial charge < -0.3 is 10.1 Å². The standard InChI is InChI=1S/C16H16FN3/c1-11-2-4-12(5-3-11)16-14(8-9-18)20-10-13(17)6-7-15(20)19-16/h2-7,10H,8-9,18H2,1H3. The molecule has 0 aliphatic heterocycles. The molecular weight excluding hydrogens is 253 g/mol. The van der Waals surface area contributed by atoms with Crippen LogP contribution >= 0.6 is 0 Å². The normalized spacial score (nSPS) is 11.2. The lowest BCUT2D eigenvalue weighted by atomic mass is 10.1. The molecule has 2 aromatic heterocycles. The van der Waals surface area contributed by atoms with Crippen molar-refractivity contribution in [3.63, 3.8) is 0 Å². The van der Waals surface area contributed by atoms with Crippen LogP contribution in [0.5, 0.6) is 0 Å². The molecule has 0 radical (unpaired) electrons. The van der Waals surface area contributed by atoms with E-state index in [0.717, 1.165) is 22.6 Å². The van der Waals surface area contributed by atoms with E-state index in [2.05, 4.69) is 4.98 Å². The van der Waals surface area contributed by atoms with Gasteiger partial charge in [-0.25, -0.2) is 9.37 Å². The van der Waals surface area contributed by atoms with Gasteiger partial charge in [0, 0.05) is 18.2 Å². The van der Waals surface area contributed by atoms with Crippen molar-refractivity contribution < 1.29 is 4.39 Å². The summed E-state index contributed by atoms with van der Waals surface area (Å²) in [6, 6.07) is 11.3. The fraction of sp³-hybridized carbons (Fsp3) is 0.188. The summed E-state index contributed by atoms with van der Waals surface area (Å²) in [6.07, 6.45) is 2.12. The summed E-state index contributed by atoms with van der Waals surface area (Å²) < 4.78 is 15.2. The maximum Gasteiger partial charge on any atom is 0.139 e. The molecule has 3 rings (SSSR count). The Labute approximate surface area is 116 Å². The van der Waals surface area contributed by atoms with E-state index in [9.17, 15) is 4.39 Å². The van der Waals surface area contributed by atoms with E-state index in [1.165, 1.54) is 17.8 Å². The quantitative estimate of drug-likeness (QED) is 0.794. The number of nitrogens with two attached hydrogens (primary N) is 1. The van der Waals surface area contributed by atoms with Crippen LogP contribution in [0.3, 0.4) is 0 Å². The van der Waals surface area contributed by atoms with Gasteiger partial charge in [0.05, 0.1) is 11.4 Å². The Hall–Kier alpha value is -2.20. The molecule has 20 heavy (non-hydrogen) atoms. The minimum atomic E-state index is -0.274. The van der Waals surface area contributed by atoms with Gasteiger partial charge in [0.25, 0.3) is 0 Å². The van der Waals surface area contributed by atoms with Gasteiger partial charge in [-0.1, -0.05) is 29.8 Å². The van der Waals surface area contributed by atoms with E-state index < -0.39 is 0 Å². The second-order valence-electron chi connectivity index (χ2n) is 4.89. The predicted octanol–water partition coefficient (Wildman–Crippen LogP) is 2.95. The van der Waals surface area contributed by atoms with Gasteiger partial charge in [-0.05, 0) is 25.6 Å². The number of imidazole rings is 1. The van der Waals surface area contributed by atoms with Crippen LogP contribution in [0.1, 0.15) is 11.3 Å². The average Bonchev–Trinajstić information content (AvgIpc) is 2.79. The van der Waals surface area contributed by atoms with Crippen LogP contribution in [0, 0.1) is 12.7 Å². The number of hydrogen-bond donors (Lipinski definition) is 1. The van der Waals surface area contributed by atoms with Crippen molar-refractivity contribution in [2.75, 3.05) is 6.54 Å². The highest BCUT2D eigenvalue weighted by Gasteiger charge is 2.13. The van der Waals surface area contributed by atoms with Crippen molar-refractivity contribution in [1.82, 2.24) is 9.38 Å². The second kappa shape index (κ2) is 5.06. The summed E-state index contributed by atoms with van der Waals surface area (Å²) in [5, 5.41) is 0. The number of benzene rings is 1. The molecule has 0 atom stereocenters. The van der Waals surface area contributed by atoms with E-state index in [-0.39, 0.29) is 5.82 Å². The van der Waals surface area contributed by atoms with E-state index in [1.807, 2.05) is 31.2 Å². The van der Waals surface area contributed by atoms with Gasteiger partial charge in [0.15, 0.2) is 0 Å². The zero-order chi connectivity index (χ0) is 14.1. The molecule has 102 valence electrons. The minimum Gasteiger partial charge on any atom is -0.330 e. The molecule has 3 nitrogen and oxygen atoms in total. The molecule has 0 saturated carbocycles. The molecule has 0 saturated heterocycles. The fourth-order valence-corrected chi connectivity index (χ4v) is 2.39. The number of nitrogens with zero attached hydrogens (tertiary/aromatic N) is 2. The Morgan fingerprint density at radius 1 is 1.15 bits per heavy atom. The van der Waals surface area contributed by atoms with Crippen LogP contribution in [0.4, 0.5) is 4.39 Å².